The van der Waals surface area contributed by atoms with Crippen LogP contribution in [0.4, 0.5) is 0 Å². The van der Waals surface area contributed by atoms with E-state index in [1.54, 1.807) is 0 Å². The van der Waals surface area contributed by atoms with Crippen LogP contribution in [0.3, 0.4) is 0 Å². The molecule has 0 spiro atoms. The molecule has 0 fully saturated rings. The van der Waals surface area contributed by atoms with E-state index in [2.05, 4.69) is 37.4 Å². The molecule has 0 atom stereocenters. The molecular formula is C10H14S. The van der Waals surface area contributed by atoms with Gasteiger partial charge in [-0.05, 0) is 23.8 Å². The van der Waals surface area contributed by atoms with Crippen LogP contribution >= 0.6 is 11.8 Å². The lowest BCUT2D eigenvalue weighted by Crippen LogP contribution is -1.82. The molecule has 60 valence electrons. The largest absolute Gasteiger partial charge is 0.161 e. The zero-order valence-corrected chi connectivity index (χ0v) is 7.95. The molecule has 0 radical (unpaired) electrons. The molecule has 0 heterocycles. The van der Waals surface area contributed by atoms with Crippen LogP contribution in [-0.2, 0) is 12.2 Å². The summed E-state index contributed by atoms with van der Waals surface area (Å²) >= 11 is 1.87. The normalized spacial score (nSPS) is 10.0. The smallest absolute Gasteiger partial charge is 0.0181 e. The maximum atomic E-state index is 2.22. The van der Waals surface area contributed by atoms with Crippen LogP contribution in [0, 0.1) is 0 Å². The third-order valence-corrected chi connectivity index (χ3v) is 2.36. The first kappa shape index (κ1) is 8.66. The average Bonchev–Trinajstić information content (AvgIpc) is 2.07. The quantitative estimate of drug-likeness (QED) is 0.665. The van der Waals surface area contributed by atoms with E-state index in [0.717, 1.165) is 12.2 Å². The van der Waals surface area contributed by atoms with Gasteiger partial charge in [0, 0.05) is 5.75 Å². The van der Waals surface area contributed by atoms with Gasteiger partial charge in [-0.15, -0.1) is 0 Å². The lowest BCUT2D eigenvalue weighted by molar-refractivity contribution is 1.13. The molecular weight excluding hydrogens is 152 g/mol. The zero-order chi connectivity index (χ0) is 8.10. The SMILES string of the molecule is CCc1ccc(CSC)cc1. The summed E-state index contributed by atoms with van der Waals surface area (Å²) in [7, 11) is 0. The van der Waals surface area contributed by atoms with E-state index >= 15 is 0 Å². The van der Waals surface area contributed by atoms with E-state index in [0.29, 0.717) is 0 Å². The van der Waals surface area contributed by atoms with Gasteiger partial charge in [-0.2, -0.15) is 11.8 Å². The highest BCUT2D eigenvalue weighted by molar-refractivity contribution is 7.97. The van der Waals surface area contributed by atoms with E-state index in [4.69, 9.17) is 0 Å². The predicted octanol–water partition coefficient (Wildman–Crippen LogP) is 3.11. The molecule has 0 nitrogen and oxygen atoms in total. The van der Waals surface area contributed by atoms with Crippen molar-refractivity contribution in [2.45, 2.75) is 19.1 Å². The number of benzene rings is 1. The van der Waals surface area contributed by atoms with Crippen LogP contribution < -0.4 is 0 Å². The van der Waals surface area contributed by atoms with Crippen molar-refractivity contribution in [3.63, 3.8) is 0 Å². The Morgan fingerprint density at radius 1 is 1.09 bits per heavy atom. The molecule has 0 unspecified atom stereocenters. The van der Waals surface area contributed by atoms with Crippen LogP contribution in [0.1, 0.15) is 18.1 Å². The summed E-state index contributed by atoms with van der Waals surface area (Å²) in [6, 6.07) is 8.86. The first-order chi connectivity index (χ1) is 5.36. The van der Waals surface area contributed by atoms with Gasteiger partial charge in [0.15, 0.2) is 0 Å². The molecule has 0 bridgehead atoms. The highest BCUT2D eigenvalue weighted by Gasteiger charge is 1.90. The second-order valence-corrected chi connectivity index (χ2v) is 3.47. The summed E-state index contributed by atoms with van der Waals surface area (Å²) in [5, 5.41) is 0. The van der Waals surface area contributed by atoms with Gasteiger partial charge < -0.3 is 0 Å². The number of thioether (sulfide) groups is 1. The summed E-state index contributed by atoms with van der Waals surface area (Å²) in [5.41, 5.74) is 2.85. The van der Waals surface area contributed by atoms with Gasteiger partial charge in [0.25, 0.3) is 0 Å². The Kier molecular flexibility index (Phi) is 3.50. The van der Waals surface area contributed by atoms with E-state index in [1.807, 2.05) is 11.8 Å². The molecule has 0 saturated carbocycles. The second-order valence-electron chi connectivity index (χ2n) is 2.60. The molecule has 0 saturated heterocycles. The minimum absolute atomic E-state index is 1.13. The summed E-state index contributed by atoms with van der Waals surface area (Å²) < 4.78 is 0. The highest BCUT2D eigenvalue weighted by atomic mass is 32.2. The van der Waals surface area contributed by atoms with Crippen LogP contribution in [-0.4, -0.2) is 6.26 Å². The maximum Gasteiger partial charge on any atom is 0.0181 e. The third-order valence-electron chi connectivity index (χ3n) is 1.74. The third kappa shape index (κ3) is 2.58. The van der Waals surface area contributed by atoms with Crippen molar-refractivity contribution < 1.29 is 0 Å². The van der Waals surface area contributed by atoms with Crippen molar-refractivity contribution in [2.24, 2.45) is 0 Å². The monoisotopic (exact) mass is 166 g/mol. The zero-order valence-electron chi connectivity index (χ0n) is 7.13. The highest BCUT2D eigenvalue weighted by Crippen LogP contribution is 2.10. The van der Waals surface area contributed by atoms with Crippen molar-refractivity contribution in [2.75, 3.05) is 6.26 Å². The number of hydrogen-bond donors (Lipinski definition) is 0. The van der Waals surface area contributed by atoms with Crippen LogP contribution in [0.2, 0.25) is 0 Å². The topological polar surface area (TPSA) is 0 Å². The Labute approximate surface area is 73.0 Å². The standard InChI is InChI=1S/C10H14S/c1-3-9-4-6-10(7-5-9)8-11-2/h4-7H,3,8H2,1-2H3. The predicted molar refractivity (Wildman–Crippen MR) is 53.0 cm³/mol. The molecule has 0 aromatic heterocycles. The molecule has 1 heteroatoms. The van der Waals surface area contributed by atoms with Gasteiger partial charge in [-0.1, -0.05) is 31.2 Å². The van der Waals surface area contributed by atoms with Crippen molar-refractivity contribution in [1.29, 1.82) is 0 Å². The van der Waals surface area contributed by atoms with Crippen molar-refractivity contribution >= 4 is 11.8 Å². The molecule has 11 heavy (non-hydrogen) atoms. The summed E-state index contributed by atoms with van der Waals surface area (Å²) in [5.74, 6) is 1.13. The Morgan fingerprint density at radius 2 is 1.64 bits per heavy atom. The fourth-order valence-electron chi connectivity index (χ4n) is 1.04. The minimum Gasteiger partial charge on any atom is -0.161 e. The van der Waals surface area contributed by atoms with Gasteiger partial charge >= 0.3 is 0 Å². The first-order valence-corrected chi connectivity index (χ1v) is 5.33. The van der Waals surface area contributed by atoms with E-state index in [1.165, 1.54) is 11.1 Å². The van der Waals surface area contributed by atoms with Crippen molar-refractivity contribution in [3.8, 4) is 0 Å². The van der Waals surface area contributed by atoms with Gasteiger partial charge in [-0.3, -0.25) is 0 Å². The maximum absolute atomic E-state index is 2.22. The summed E-state index contributed by atoms with van der Waals surface area (Å²) in [4.78, 5) is 0. The molecule has 0 aliphatic heterocycles. The van der Waals surface area contributed by atoms with E-state index in [-0.39, 0.29) is 0 Å². The van der Waals surface area contributed by atoms with Gasteiger partial charge in [0.05, 0.1) is 0 Å². The first-order valence-electron chi connectivity index (χ1n) is 3.93. The Bertz CT molecular complexity index is 201. The minimum atomic E-state index is 1.13. The lowest BCUT2D eigenvalue weighted by atomic mass is 10.1. The molecule has 1 rings (SSSR count). The van der Waals surface area contributed by atoms with Gasteiger partial charge in [-0.25, -0.2) is 0 Å². The number of hydrogen-bond acceptors (Lipinski definition) is 1. The summed E-state index contributed by atoms with van der Waals surface area (Å²) in [6.45, 7) is 2.18. The van der Waals surface area contributed by atoms with Gasteiger partial charge in [0.1, 0.15) is 0 Å². The molecule has 0 aliphatic carbocycles. The Balaban J connectivity index is 2.66. The van der Waals surface area contributed by atoms with E-state index < -0.39 is 0 Å². The molecule has 0 aliphatic rings. The van der Waals surface area contributed by atoms with Crippen molar-refractivity contribution in [3.05, 3.63) is 35.4 Å². The lowest BCUT2D eigenvalue weighted by Gasteiger charge is -1.99. The van der Waals surface area contributed by atoms with Crippen molar-refractivity contribution in [1.82, 2.24) is 0 Å². The molecule has 0 amide bonds. The van der Waals surface area contributed by atoms with Crippen LogP contribution in [0.25, 0.3) is 0 Å². The second kappa shape index (κ2) is 4.45. The number of rotatable bonds is 3. The van der Waals surface area contributed by atoms with E-state index in [9.17, 15) is 0 Å². The van der Waals surface area contributed by atoms with Gasteiger partial charge in [0.2, 0.25) is 0 Å². The molecule has 1 aromatic carbocycles. The fraction of sp³-hybridized carbons (Fsp3) is 0.400. The fourth-order valence-corrected chi connectivity index (χ4v) is 1.56. The summed E-state index contributed by atoms with van der Waals surface area (Å²) in [6.07, 6.45) is 3.27. The molecule has 0 N–H and O–H groups in total. The van der Waals surface area contributed by atoms with Crippen LogP contribution in [0.15, 0.2) is 24.3 Å². The van der Waals surface area contributed by atoms with Crippen LogP contribution in [0.5, 0.6) is 0 Å². The Hall–Kier alpha value is -0.430. The Morgan fingerprint density at radius 3 is 2.09 bits per heavy atom. The average molecular weight is 166 g/mol. The number of aryl methyl sites for hydroxylation is 1. The molecule has 1 aromatic rings.